The van der Waals surface area contributed by atoms with Crippen molar-refractivity contribution in [2.45, 2.75) is 40.5 Å². The predicted octanol–water partition coefficient (Wildman–Crippen LogP) is 3.32. The molecule has 8 heteroatoms. The fourth-order valence-corrected chi connectivity index (χ4v) is 3.79. The van der Waals surface area contributed by atoms with Gasteiger partial charge in [0.2, 0.25) is 0 Å². The summed E-state index contributed by atoms with van der Waals surface area (Å²) < 4.78 is 0. The Morgan fingerprint density at radius 3 is 1.50 bits per heavy atom. The van der Waals surface area contributed by atoms with Gasteiger partial charge >= 0.3 is 11.8 Å². The molecule has 2 aromatic rings. The first-order valence-corrected chi connectivity index (χ1v) is 9.94. The summed E-state index contributed by atoms with van der Waals surface area (Å²) in [6.07, 6.45) is 1.90. The fourth-order valence-electron chi connectivity index (χ4n) is 2.01. The normalized spacial score (nSPS) is 12.2. The predicted molar refractivity (Wildman–Crippen MR) is 108 cm³/mol. The van der Waals surface area contributed by atoms with Crippen molar-refractivity contribution < 1.29 is 9.59 Å². The molecule has 0 aliphatic carbocycles. The van der Waals surface area contributed by atoms with Crippen molar-refractivity contribution in [2.75, 3.05) is 0 Å². The SMILES string of the molecule is CCc1ccc(C(C)=NNC(=O)C(=O)NN=C(C)c2ccc(CC)s2)s1. The van der Waals surface area contributed by atoms with Gasteiger partial charge < -0.3 is 0 Å². The Morgan fingerprint density at radius 2 is 1.19 bits per heavy atom. The van der Waals surface area contributed by atoms with Gasteiger partial charge in [-0.2, -0.15) is 10.2 Å². The number of carbonyl (C=O) groups is 2. The van der Waals surface area contributed by atoms with Gasteiger partial charge in [0, 0.05) is 9.75 Å². The van der Waals surface area contributed by atoms with Crippen LogP contribution in [-0.2, 0) is 22.4 Å². The summed E-state index contributed by atoms with van der Waals surface area (Å²) in [5.41, 5.74) is 5.83. The summed E-state index contributed by atoms with van der Waals surface area (Å²) >= 11 is 3.23. The lowest BCUT2D eigenvalue weighted by molar-refractivity contribution is -0.139. The van der Waals surface area contributed by atoms with E-state index >= 15 is 0 Å². The molecule has 2 heterocycles. The van der Waals surface area contributed by atoms with Crippen molar-refractivity contribution in [1.29, 1.82) is 0 Å². The van der Waals surface area contributed by atoms with Crippen LogP contribution in [0.2, 0.25) is 0 Å². The minimum absolute atomic E-state index is 0.654. The van der Waals surface area contributed by atoms with Gasteiger partial charge in [0.25, 0.3) is 0 Å². The standard InChI is InChI=1S/C18H22N4O2S2/c1-5-13-7-9-15(25-13)11(3)19-21-17(23)18(24)22-20-12(4)16-10-8-14(6-2)26-16/h7-10H,5-6H2,1-4H3,(H,21,23)(H,22,24). The van der Waals surface area contributed by atoms with E-state index in [1.165, 1.54) is 9.75 Å². The Hall–Kier alpha value is -2.32. The summed E-state index contributed by atoms with van der Waals surface area (Å²) in [6, 6.07) is 7.96. The lowest BCUT2D eigenvalue weighted by Crippen LogP contribution is -2.36. The quantitative estimate of drug-likeness (QED) is 0.451. The molecule has 26 heavy (non-hydrogen) atoms. The average Bonchev–Trinajstić information content (AvgIpc) is 3.32. The maximum Gasteiger partial charge on any atom is 0.331 e. The zero-order chi connectivity index (χ0) is 19.1. The zero-order valence-corrected chi connectivity index (χ0v) is 16.9. The topological polar surface area (TPSA) is 82.9 Å². The van der Waals surface area contributed by atoms with E-state index in [9.17, 15) is 9.59 Å². The van der Waals surface area contributed by atoms with Crippen molar-refractivity contribution in [2.24, 2.45) is 10.2 Å². The monoisotopic (exact) mass is 390 g/mol. The molecule has 0 saturated heterocycles. The first-order valence-electron chi connectivity index (χ1n) is 8.31. The van der Waals surface area contributed by atoms with E-state index in [-0.39, 0.29) is 0 Å². The number of hydrazone groups is 2. The molecule has 138 valence electrons. The van der Waals surface area contributed by atoms with Crippen LogP contribution < -0.4 is 10.9 Å². The van der Waals surface area contributed by atoms with Gasteiger partial charge in [0.05, 0.1) is 21.2 Å². The van der Waals surface area contributed by atoms with Crippen LogP contribution in [0.15, 0.2) is 34.5 Å². The van der Waals surface area contributed by atoms with Gasteiger partial charge in [0.1, 0.15) is 0 Å². The van der Waals surface area contributed by atoms with E-state index in [1.54, 1.807) is 36.5 Å². The van der Waals surface area contributed by atoms with E-state index in [1.807, 2.05) is 24.3 Å². The van der Waals surface area contributed by atoms with Gasteiger partial charge in [-0.25, -0.2) is 10.9 Å². The smallest absolute Gasteiger partial charge is 0.262 e. The van der Waals surface area contributed by atoms with Crippen molar-refractivity contribution >= 4 is 45.9 Å². The number of amides is 2. The van der Waals surface area contributed by atoms with Gasteiger partial charge in [-0.1, -0.05) is 13.8 Å². The molecule has 2 aromatic heterocycles. The van der Waals surface area contributed by atoms with E-state index in [4.69, 9.17) is 0 Å². The maximum absolute atomic E-state index is 11.8. The highest BCUT2D eigenvalue weighted by molar-refractivity contribution is 7.14. The second kappa shape index (κ2) is 9.40. The van der Waals surface area contributed by atoms with Crippen LogP contribution in [0.4, 0.5) is 0 Å². The highest BCUT2D eigenvalue weighted by Gasteiger charge is 2.13. The van der Waals surface area contributed by atoms with Gasteiger partial charge in [-0.3, -0.25) is 9.59 Å². The number of thiophene rings is 2. The molecule has 0 atom stereocenters. The lowest BCUT2D eigenvalue weighted by Gasteiger charge is -2.01. The molecule has 2 rings (SSSR count). The Bertz CT molecular complexity index is 779. The molecule has 0 bridgehead atoms. The van der Waals surface area contributed by atoms with Crippen LogP contribution in [0, 0.1) is 0 Å². The van der Waals surface area contributed by atoms with Crippen LogP contribution in [0.25, 0.3) is 0 Å². The molecule has 2 N–H and O–H groups in total. The van der Waals surface area contributed by atoms with Gasteiger partial charge in [-0.15, -0.1) is 22.7 Å². The summed E-state index contributed by atoms with van der Waals surface area (Å²) in [6.45, 7) is 7.73. The lowest BCUT2D eigenvalue weighted by atomic mass is 10.3. The fraction of sp³-hybridized carbons (Fsp3) is 0.333. The number of nitrogens with zero attached hydrogens (tertiary/aromatic N) is 2. The largest absolute Gasteiger partial charge is 0.331 e. The third-order valence-corrected chi connectivity index (χ3v) is 6.27. The number of carbonyl (C=O) groups excluding carboxylic acids is 2. The summed E-state index contributed by atoms with van der Waals surface area (Å²) in [7, 11) is 0. The third-order valence-electron chi connectivity index (χ3n) is 3.59. The van der Waals surface area contributed by atoms with Crippen LogP contribution >= 0.6 is 22.7 Å². The highest BCUT2D eigenvalue weighted by atomic mass is 32.1. The number of hydrogen-bond donors (Lipinski definition) is 2. The van der Waals surface area contributed by atoms with Crippen LogP contribution in [0.1, 0.15) is 47.2 Å². The molecule has 0 spiro atoms. The molecule has 0 unspecified atom stereocenters. The minimum Gasteiger partial charge on any atom is -0.262 e. The maximum atomic E-state index is 11.8. The average molecular weight is 391 g/mol. The van der Waals surface area contributed by atoms with Crippen molar-refractivity contribution in [1.82, 2.24) is 10.9 Å². The summed E-state index contributed by atoms with van der Waals surface area (Å²) in [5, 5.41) is 7.97. The Labute approximate surface area is 161 Å². The molecule has 0 aliphatic rings. The molecule has 2 amide bonds. The van der Waals surface area contributed by atoms with E-state index in [2.05, 4.69) is 34.9 Å². The minimum atomic E-state index is -0.853. The zero-order valence-electron chi connectivity index (χ0n) is 15.3. The second-order valence-electron chi connectivity index (χ2n) is 5.52. The number of nitrogens with one attached hydrogen (secondary N) is 2. The van der Waals surface area contributed by atoms with E-state index in [0.29, 0.717) is 11.4 Å². The summed E-state index contributed by atoms with van der Waals surface area (Å²) in [5.74, 6) is -1.71. The molecule has 0 fully saturated rings. The summed E-state index contributed by atoms with van der Waals surface area (Å²) in [4.78, 5) is 28.1. The Balaban J connectivity index is 1.91. The van der Waals surface area contributed by atoms with Gasteiger partial charge in [0.15, 0.2) is 0 Å². The van der Waals surface area contributed by atoms with E-state index in [0.717, 1.165) is 22.6 Å². The number of hydrogen-bond acceptors (Lipinski definition) is 6. The second-order valence-corrected chi connectivity index (χ2v) is 7.85. The molecule has 0 radical (unpaired) electrons. The van der Waals surface area contributed by atoms with Gasteiger partial charge in [-0.05, 0) is 51.0 Å². The first-order chi connectivity index (χ1) is 12.4. The van der Waals surface area contributed by atoms with Crippen LogP contribution in [0.3, 0.4) is 0 Å². The van der Waals surface area contributed by atoms with E-state index < -0.39 is 11.8 Å². The molecular weight excluding hydrogens is 368 g/mol. The van der Waals surface area contributed by atoms with Crippen molar-refractivity contribution in [3.8, 4) is 0 Å². The molecular formula is C18H22N4O2S2. The Morgan fingerprint density at radius 1 is 0.808 bits per heavy atom. The van der Waals surface area contributed by atoms with Crippen LogP contribution in [-0.4, -0.2) is 23.2 Å². The number of aryl methyl sites for hydroxylation is 2. The Kier molecular flexibility index (Phi) is 7.23. The third kappa shape index (κ3) is 5.34. The van der Waals surface area contributed by atoms with Crippen molar-refractivity contribution in [3.63, 3.8) is 0 Å². The molecule has 0 aliphatic heterocycles. The van der Waals surface area contributed by atoms with Crippen molar-refractivity contribution in [3.05, 3.63) is 43.8 Å². The first kappa shape index (κ1) is 20.0. The molecule has 0 saturated carbocycles. The molecule has 6 nitrogen and oxygen atoms in total. The number of rotatable bonds is 6. The van der Waals surface area contributed by atoms with Crippen LogP contribution in [0.5, 0.6) is 0 Å². The molecule has 0 aromatic carbocycles. The highest BCUT2D eigenvalue weighted by Crippen LogP contribution is 2.18.